The van der Waals surface area contributed by atoms with Crippen LogP contribution in [-0.2, 0) is 17.6 Å². The zero-order valence-electron chi connectivity index (χ0n) is 17.7. The molecule has 8 nitrogen and oxygen atoms in total. The van der Waals surface area contributed by atoms with E-state index in [1.807, 2.05) is 25.2 Å². The summed E-state index contributed by atoms with van der Waals surface area (Å²) < 4.78 is 5.76. The number of carboxylic acid groups (broad SMARTS) is 1. The molecule has 3 N–H and O–H groups in total. The van der Waals surface area contributed by atoms with Crippen molar-refractivity contribution in [2.24, 2.45) is 0 Å². The van der Waals surface area contributed by atoms with Crippen molar-refractivity contribution in [3.63, 3.8) is 0 Å². The summed E-state index contributed by atoms with van der Waals surface area (Å²) in [6.45, 7) is 0.448. The molecule has 0 aliphatic heterocycles. The Hall–Kier alpha value is -3.36. The number of carbonyl (C=O) groups excluding carboxylic acids is 1. The molecular weight excluding hydrogens is 467 g/mol. The molecule has 0 aliphatic rings. The Morgan fingerprint density at radius 1 is 1.06 bits per heavy atom. The quantitative estimate of drug-likeness (QED) is 0.371. The van der Waals surface area contributed by atoms with E-state index in [-0.39, 0.29) is 22.3 Å². The number of rotatable bonds is 10. The highest BCUT2D eigenvalue weighted by Gasteiger charge is 2.23. The van der Waals surface area contributed by atoms with Gasteiger partial charge in [-0.05, 0) is 42.0 Å². The predicted molar refractivity (Wildman–Crippen MR) is 126 cm³/mol. The maximum absolute atomic E-state index is 12.4. The second-order valence-electron chi connectivity index (χ2n) is 7.05. The average Bonchev–Trinajstić information content (AvgIpc) is 2.79. The van der Waals surface area contributed by atoms with Crippen molar-refractivity contribution >= 4 is 40.9 Å². The number of hydrogen-bond donors (Lipinski definition) is 3. The molecule has 0 aliphatic carbocycles. The molecule has 0 unspecified atom stereocenters. The van der Waals surface area contributed by atoms with Crippen molar-refractivity contribution < 1.29 is 19.4 Å². The third kappa shape index (κ3) is 7.06. The van der Waals surface area contributed by atoms with Crippen molar-refractivity contribution in [1.29, 1.82) is 0 Å². The normalized spacial score (nSPS) is 11.5. The topological polar surface area (TPSA) is 113 Å². The van der Waals surface area contributed by atoms with Gasteiger partial charge in [0.2, 0.25) is 0 Å². The van der Waals surface area contributed by atoms with E-state index in [0.29, 0.717) is 18.8 Å². The van der Waals surface area contributed by atoms with Gasteiger partial charge < -0.3 is 20.5 Å². The van der Waals surface area contributed by atoms with Crippen LogP contribution < -0.4 is 15.4 Å². The molecule has 2 heterocycles. The Bertz CT molecular complexity index is 1130. The molecule has 0 spiro atoms. The number of aliphatic carboxylic acids is 1. The summed E-state index contributed by atoms with van der Waals surface area (Å²) in [6.07, 6.45) is 0.729. The minimum atomic E-state index is -1.17. The molecule has 1 amide bonds. The van der Waals surface area contributed by atoms with Gasteiger partial charge in [-0.1, -0.05) is 41.4 Å². The largest absolute Gasteiger partial charge is 0.493 e. The number of carbonyl (C=O) groups is 2. The fourth-order valence-electron chi connectivity index (χ4n) is 3.01. The smallest absolute Gasteiger partial charge is 0.326 e. The second-order valence-corrected chi connectivity index (χ2v) is 7.79. The van der Waals surface area contributed by atoms with Crippen LogP contribution in [0, 0.1) is 0 Å². The van der Waals surface area contributed by atoms with Crippen molar-refractivity contribution in [2.75, 3.05) is 19.0 Å². The molecule has 172 valence electrons. The minimum absolute atomic E-state index is 0.0470. The molecule has 1 aromatic carbocycles. The van der Waals surface area contributed by atoms with E-state index in [2.05, 4.69) is 20.6 Å². The number of amides is 1. The van der Waals surface area contributed by atoms with Crippen LogP contribution in [0.4, 0.5) is 5.82 Å². The first-order valence-electron chi connectivity index (χ1n) is 10.1. The summed E-state index contributed by atoms with van der Waals surface area (Å²) in [7, 11) is 1.81. The van der Waals surface area contributed by atoms with Crippen LogP contribution in [-0.4, -0.2) is 46.6 Å². The highest BCUT2D eigenvalue weighted by molar-refractivity contribution is 6.34. The lowest BCUT2D eigenvalue weighted by Gasteiger charge is -2.15. The van der Waals surface area contributed by atoms with E-state index >= 15 is 0 Å². The highest BCUT2D eigenvalue weighted by Crippen LogP contribution is 2.18. The molecule has 0 bridgehead atoms. The lowest BCUT2D eigenvalue weighted by molar-refractivity contribution is -0.139. The molecule has 0 saturated heterocycles. The number of hydrogen-bond acceptors (Lipinski definition) is 6. The molecule has 10 heteroatoms. The maximum Gasteiger partial charge on any atom is 0.326 e. The van der Waals surface area contributed by atoms with Gasteiger partial charge in [0.15, 0.2) is 0 Å². The Kier molecular flexibility index (Phi) is 8.46. The summed E-state index contributed by atoms with van der Waals surface area (Å²) in [6, 6.07) is 14.4. The first-order valence-corrected chi connectivity index (χ1v) is 10.8. The van der Waals surface area contributed by atoms with Crippen LogP contribution in [0.5, 0.6) is 5.75 Å². The summed E-state index contributed by atoms with van der Waals surface area (Å²) in [5.41, 5.74) is 1.68. The predicted octanol–water partition coefficient (Wildman–Crippen LogP) is 3.87. The lowest BCUT2D eigenvalue weighted by Crippen LogP contribution is -2.42. The molecule has 0 fully saturated rings. The number of pyridine rings is 2. The molecule has 3 rings (SSSR count). The molecule has 33 heavy (non-hydrogen) atoms. The summed E-state index contributed by atoms with van der Waals surface area (Å²) in [5, 5.41) is 15.0. The van der Waals surface area contributed by atoms with E-state index < -0.39 is 17.9 Å². The first-order chi connectivity index (χ1) is 15.9. The monoisotopic (exact) mass is 488 g/mol. The highest BCUT2D eigenvalue weighted by atomic mass is 35.5. The van der Waals surface area contributed by atoms with Crippen LogP contribution in [0.25, 0.3) is 0 Å². The molecule has 0 saturated carbocycles. The standard InChI is InChI=1S/C23H22Cl2N4O4/c1-26-20-4-2-3-15(27-20)11-12-33-16-7-5-14(6-8-16)13-18(23(31)32)28-22(30)17-9-10-19(24)29-21(17)25/h2-10,18H,11-13H2,1H3,(H,26,27)(H,28,30)(H,31,32)/t18-/m0/s1. The number of benzene rings is 1. The SMILES string of the molecule is CNc1cccc(CCOc2ccc(C[C@H](NC(=O)c3ccc(Cl)nc3Cl)C(=O)O)cc2)n1. The van der Waals surface area contributed by atoms with Gasteiger partial charge in [0.05, 0.1) is 12.2 Å². The van der Waals surface area contributed by atoms with Crippen molar-refractivity contribution in [3.05, 3.63) is 81.7 Å². The lowest BCUT2D eigenvalue weighted by atomic mass is 10.1. The Morgan fingerprint density at radius 3 is 2.48 bits per heavy atom. The third-order valence-corrected chi connectivity index (χ3v) is 5.21. The zero-order chi connectivity index (χ0) is 23.8. The molecule has 3 aromatic rings. The van der Waals surface area contributed by atoms with E-state index in [1.54, 1.807) is 24.3 Å². The van der Waals surface area contributed by atoms with Gasteiger partial charge in [0.25, 0.3) is 5.91 Å². The first kappa shape index (κ1) is 24.3. The number of ether oxygens (including phenoxy) is 1. The molecule has 1 atom stereocenters. The van der Waals surface area contributed by atoms with Gasteiger partial charge in [0.1, 0.15) is 27.9 Å². The summed E-state index contributed by atoms with van der Waals surface area (Å²) in [4.78, 5) is 32.4. The Labute approximate surface area is 200 Å². The van der Waals surface area contributed by atoms with Crippen molar-refractivity contribution in [2.45, 2.75) is 18.9 Å². The minimum Gasteiger partial charge on any atom is -0.493 e. The van der Waals surface area contributed by atoms with Crippen molar-refractivity contribution in [3.8, 4) is 5.75 Å². The summed E-state index contributed by atoms with van der Waals surface area (Å²) in [5.74, 6) is -0.365. The number of halogens is 2. The Balaban J connectivity index is 1.56. The fraction of sp³-hybridized carbons (Fsp3) is 0.217. The number of anilines is 1. The second kappa shape index (κ2) is 11.5. The van der Waals surface area contributed by atoms with E-state index in [4.69, 9.17) is 27.9 Å². The van der Waals surface area contributed by atoms with Gasteiger partial charge in [-0.15, -0.1) is 0 Å². The summed E-state index contributed by atoms with van der Waals surface area (Å²) >= 11 is 11.7. The van der Waals surface area contributed by atoms with Gasteiger partial charge in [-0.3, -0.25) is 4.79 Å². The van der Waals surface area contributed by atoms with E-state index in [0.717, 1.165) is 17.1 Å². The maximum atomic E-state index is 12.4. The van der Waals surface area contributed by atoms with Crippen molar-refractivity contribution in [1.82, 2.24) is 15.3 Å². The van der Waals surface area contributed by atoms with Crippen LogP contribution in [0.1, 0.15) is 21.6 Å². The van der Waals surface area contributed by atoms with Gasteiger partial charge in [-0.25, -0.2) is 14.8 Å². The molecule has 0 radical (unpaired) electrons. The van der Waals surface area contributed by atoms with Gasteiger partial charge in [-0.2, -0.15) is 0 Å². The fourth-order valence-corrected chi connectivity index (χ4v) is 3.44. The third-order valence-electron chi connectivity index (χ3n) is 4.72. The zero-order valence-corrected chi connectivity index (χ0v) is 19.2. The van der Waals surface area contributed by atoms with E-state index in [9.17, 15) is 14.7 Å². The number of nitrogens with zero attached hydrogens (tertiary/aromatic N) is 2. The molecular formula is C23H22Cl2N4O4. The van der Waals surface area contributed by atoms with Crippen LogP contribution >= 0.6 is 23.2 Å². The number of aromatic nitrogens is 2. The van der Waals surface area contributed by atoms with E-state index in [1.165, 1.54) is 12.1 Å². The van der Waals surface area contributed by atoms with Crippen LogP contribution in [0.3, 0.4) is 0 Å². The van der Waals surface area contributed by atoms with Gasteiger partial charge >= 0.3 is 5.97 Å². The number of carboxylic acids is 1. The van der Waals surface area contributed by atoms with Crippen LogP contribution in [0.15, 0.2) is 54.6 Å². The van der Waals surface area contributed by atoms with Crippen LogP contribution in [0.2, 0.25) is 10.3 Å². The average molecular weight is 489 g/mol. The van der Waals surface area contributed by atoms with Gasteiger partial charge in [0, 0.05) is 25.6 Å². The molecule has 2 aromatic heterocycles. The Morgan fingerprint density at radius 2 is 1.82 bits per heavy atom. The number of nitrogens with one attached hydrogen (secondary N) is 2.